The fraction of sp³-hybridized carbons (Fsp3) is 0.318. The maximum absolute atomic E-state index is 5.87. The smallest absolute Gasteiger partial charge is 0.0744 e. The summed E-state index contributed by atoms with van der Waals surface area (Å²) in [5, 5.41) is 1.24. The van der Waals surface area contributed by atoms with Gasteiger partial charge in [0.1, 0.15) is 0 Å². The van der Waals surface area contributed by atoms with Crippen LogP contribution in [0.3, 0.4) is 0 Å². The number of nitrogens with two attached hydrogens (primary N) is 1. The highest BCUT2D eigenvalue weighted by Crippen LogP contribution is 2.40. The summed E-state index contributed by atoms with van der Waals surface area (Å²) >= 11 is 0. The summed E-state index contributed by atoms with van der Waals surface area (Å²) in [4.78, 5) is 5.04. The Labute approximate surface area is 143 Å². The molecule has 2 N–H and O–H groups in total. The molecule has 1 fully saturated rings. The summed E-state index contributed by atoms with van der Waals surface area (Å²) in [5.41, 5.74) is 10.7. The summed E-state index contributed by atoms with van der Waals surface area (Å²) in [7, 11) is 0. The molecule has 1 heterocycles. The highest BCUT2D eigenvalue weighted by atomic mass is 14.7. The summed E-state index contributed by atoms with van der Waals surface area (Å²) in [5.74, 6) is 1.30. The van der Waals surface area contributed by atoms with E-state index in [-0.39, 0.29) is 0 Å². The maximum Gasteiger partial charge on any atom is 0.0744 e. The van der Waals surface area contributed by atoms with Gasteiger partial charge >= 0.3 is 0 Å². The van der Waals surface area contributed by atoms with E-state index in [1.54, 1.807) is 0 Å². The lowest BCUT2D eigenvalue weighted by molar-refractivity contribution is 0.333. The van der Waals surface area contributed by atoms with Gasteiger partial charge in [-0.3, -0.25) is 0 Å². The van der Waals surface area contributed by atoms with E-state index in [9.17, 15) is 0 Å². The third kappa shape index (κ3) is 2.94. The molecule has 0 atom stereocenters. The molecule has 0 unspecified atom stereocenters. The first kappa shape index (κ1) is 15.3. The van der Waals surface area contributed by atoms with Gasteiger partial charge in [-0.05, 0) is 61.8 Å². The Bertz CT molecular complexity index is 818. The molecule has 1 aromatic heterocycles. The zero-order valence-electron chi connectivity index (χ0n) is 14.0. The number of hydrogen-bond acceptors (Lipinski definition) is 2. The van der Waals surface area contributed by atoms with Crippen LogP contribution in [0, 0.1) is 5.92 Å². The van der Waals surface area contributed by atoms with Gasteiger partial charge in [-0.2, -0.15) is 0 Å². The van der Waals surface area contributed by atoms with E-state index < -0.39 is 0 Å². The molecule has 2 heteroatoms. The average molecular weight is 316 g/mol. The van der Waals surface area contributed by atoms with Crippen LogP contribution in [-0.2, 0) is 0 Å². The fourth-order valence-corrected chi connectivity index (χ4v) is 3.98. The Balaban J connectivity index is 1.80. The zero-order chi connectivity index (χ0) is 16.4. The van der Waals surface area contributed by atoms with E-state index in [0.717, 1.165) is 17.8 Å². The first-order chi connectivity index (χ1) is 11.8. The number of hydrogen-bond donors (Lipinski definition) is 1. The van der Waals surface area contributed by atoms with Crippen molar-refractivity contribution in [2.24, 2.45) is 11.7 Å². The standard InChI is InChI=1S/C22H24N2/c23-15-16-10-12-17(13-11-16)20-14-19-8-4-5-9-21(19)24-22(20)18-6-2-1-3-7-18/h1-9,14,16-17H,10-13,15,23H2. The number of para-hydroxylation sites is 1. The Kier molecular flexibility index (Phi) is 4.31. The quantitative estimate of drug-likeness (QED) is 0.727. The van der Waals surface area contributed by atoms with Crippen molar-refractivity contribution >= 4 is 10.9 Å². The van der Waals surface area contributed by atoms with Crippen molar-refractivity contribution in [2.75, 3.05) is 6.54 Å². The van der Waals surface area contributed by atoms with Gasteiger partial charge < -0.3 is 5.73 Å². The molecule has 0 radical (unpaired) electrons. The molecule has 0 aliphatic heterocycles. The van der Waals surface area contributed by atoms with Gasteiger partial charge in [0, 0.05) is 10.9 Å². The van der Waals surface area contributed by atoms with E-state index in [0.29, 0.717) is 11.8 Å². The van der Waals surface area contributed by atoms with Crippen LogP contribution in [0.1, 0.15) is 37.2 Å². The van der Waals surface area contributed by atoms with Crippen molar-refractivity contribution in [2.45, 2.75) is 31.6 Å². The monoisotopic (exact) mass is 316 g/mol. The zero-order valence-corrected chi connectivity index (χ0v) is 14.0. The Morgan fingerprint density at radius 3 is 2.33 bits per heavy atom. The molecule has 0 saturated heterocycles. The predicted octanol–water partition coefficient (Wildman–Crippen LogP) is 5.13. The summed E-state index contributed by atoms with van der Waals surface area (Å²) in [6, 6.07) is 21.4. The van der Waals surface area contributed by atoms with Gasteiger partial charge in [-0.1, -0.05) is 48.5 Å². The van der Waals surface area contributed by atoms with Gasteiger partial charge in [0.05, 0.1) is 11.2 Å². The van der Waals surface area contributed by atoms with Crippen LogP contribution < -0.4 is 5.73 Å². The van der Waals surface area contributed by atoms with Gasteiger partial charge in [0.2, 0.25) is 0 Å². The molecule has 0 amide bonds. The largest absolute Gasteiger partial charge is 0.330 e. The number of benzene rings is 2. The van der Waals surface area contributed by atoms with Crippen LogP contribution in [0.5, 0.6) is 0 Å². The lowest BCUT2D eigenvalue weighted by atomic mass is 9.77. The number of aromatic nitrogens is 1. The minimum atomic E-state index is 0.597. The van der Waals surface area contributed by atoms with Crippen LogP contribution in [-0.4, -0.2) is 11.5 Å². The Hall–Kier alpha value is -2.19. The molecule has 2 nitrogen and oxygen atoms in total. The van der Waals surface area contributed by atoms with Crippen molar-refractivity contribution in [3.05, 3.63) is 66.2 Å². The van der Waals surface area contributed by atoms with E-state index >= 15 is 0 Å². The van der Waals surface area contributed by atoms with Gasteiger partial charge in [-0.15, -0.1) is 0 Å². The van der Waals surface area contributed by atoms with Crippen LogP contribution in [0.4, 0.5) is 0 Å². The van der Waals surface area contributed by atoms with E-state index in [2.05, 4.69) is 60.7 Å². The highest BCUT2D eigenvalue weighted by molar-refractivity contribution is 5.83. The maximum atomic E-state index is 5.87. The van der Waals surface area contributed by atoms with Crippen LogP contribution in [0.25, 0.3) is 22.2 Å². The first-order valence-electron chi connectivity index (χ1n) is 9.00. The van der Waals surface area contributed by atoms with Crippen LogP contribution >= 0.6 is 0 Å². The van der Waals surface area contributed by atoms with E-state index in [4.69, 9.17) is 10.7 Å². The molecule has 2 aromatic carbocycles. The van der Waals surface area contributed by atoms with Gasteiger partial charge in [0.15, 0.2) is 0 Å². The van der Waals surface area contributed by atoms with Gasteiger partial charge in [0.25, 0.3) is 0 Å². The van der Waals surface area contributed by atoms with Crippen molar-refractivity contribution in [1.29, 1.82) is 0 Å². The number of nitrogens with zero attached hydrogens (tertiary/aromatic N) is 1. The number of fused-ring (bicyclic) bond motifs is 1. The number of rotatable bonds is 3. The topological polar surface area (TPSA) is 38.9 Å². The minimum absolute atomic E-state index is 0.597. The second-order valence-electron chi connectivity index (χ2n) is 6.94. The lowest BCUT2D eigenvalue weighted by Gasteiger charge is -2.29. The minimum Gasteiger partial charge on any atom is -0.330 e. The molecule has 1 saturated carbocycles. The summed E-state index contributed by atoms with van der Waals surface area (Å²) in [6.07, 6.45) is 4.92. The molecular weight excluding hydrogens is 292 g/mol. The average Bonchev–Trinajstić information content (AvgIpc) is 2.68. The molecule has 1 aliphatic carbocycles. The second kappa shape index (κ2) is 6.74. The molecule has 122 valence electrons. The van der Waals surface area contributed by atoms with Crippen LogP contribution in [0.2, 0.25) is 0 Å². The normalized spacial score (nSPS) is 21.0. The number of pyridine rings is 1. The fourth-order valence-electron chi connectivity index (χ4n) is 3.98. The second-order valence-corrected chi connectivity index (χ2v) is 6.94. The molecule has 4 rings (SSSR count). The first-order valence-corrected chi connectivity index (χ1v) is 9.00. The lowest BCUT2D eigenvalue weighted by Crippen LogP contribution is -2.21. The van der Waals surface area contributed by atoms with Crippen molar-refractivity contribution in [1.82, 2.24) is 4.98 Å². The third-order valence-corrected chi connectivity index (χ3v) is 5.42. The van der Waals surface area contributed by atoms with Crippen molar-refractivity contribution in [3.63, 3.8) is 0 Å². The molecule has 1 aliphatic rings. The summed E-state index contributed by atoms with van der Waals surface area (Å²) < 4.78 is 0. The summed E-state index contributed by atoms with van der Waals surface area (Å²) in [6.45, 7) is 0.828. The molecule has 0 spiro atoms. The SMILES string of the molecule is NCC1CCC(c2cc3ccccc3nc2-c2ccccc2)CC1. The van der Waals surface area contributed by atoms with Crippen LogP contribution in [0.15, 0.2) is 60.7 Å². The van der Waals surface area contributed by atoms with Crippen molar-refractivity contribution in [3.8, 4) is 11.3 Å². The van der Waals surface area contributed by atoms with E-state index in [1.165, 1.54) is 42.2 Å². The van der Waals surface area contributed by atoms with Crippen molar-refractivity contribution < 1.29 is 0 Å². The van der Waals surface area contributed by atoms with E-state index in [1.807, 2.05) is 0 Å². The predicted molar refractivity (Wildman–Crippen MR) is 101 cm³/mol. The molecule has 0 bridgehead atoms. The Morgan fingerprint density at radius 1 is 0.875 bits per heavy atom. The van der Waals surface area contributed by atoms with Gasteiger partial charge in [-0.25, -0.2) is 4.98 Å². The highest BCUT2D eigenvalue weighted by Gasteiger charge is 2.24. The third-order valence-electron chi connectivity index (χ3n) is 5.42. The molecular formula is C22H24N2. The molecule has 3 aromatic rings. The molecule has 24 heavy (non-hydrogen) atoms. The Morgan fingerprint density at radius 2 is 1.58 bits per heavy atom.